The maximum Gasteiger partial charge on any atom is 0.0821 e. The van der Waals surface area contributed by atoms with E-state index in [0.717, 1.165) is 11.1 Å². The average Bonchev–Trinajstić information content (AvgIpc) is 2.72. The van der Waals surface area contributed by atoms with E-state index < -0.39 is 6.10 Å². The highest BCUT2D eigenvalue weighted by atomic mass is 16.5. The van der Waals surface area contributed by atoms with Crippen molar-refractivity contribution in [1.29, 1.82) is 0 Å². The molecular formula is C15H16O2. The van der Waals surface area contributed by atoms with E-state index in [1.807, 2.05) is 36.4 Å². The van der Waals surface area contributed by atoms with Crippen molar-refractivity contribution in [1.82, 2.24) is 0 Å². The minimum absolute atomic E-state index is 0.0313. The Morgan fingerprint density at radius 1 is 1.29 bits per heavy atom. The number of allylic oxidation sites excluding steroid dienone is 1. The smallest absolute Gasteiger partial charge is 0.0821 e. The molecule has 1 aliphatic carbocycles. The van der Waals surface area contributed by atoms with Gasteiger partial charge in [0.15, 0.2) is 0 Å². The Hall–Kier alpha value is -1.60. The Morgan fingerprint density at radius 2 is 2.06 bits per heavy atom. The second-order valence-electron chi connectivity index (χ2n) is 4.09. The zero-order valence-electron chi connectivity index (χ0n) is 9.67. The molecular weight excluding hydrogens is 212 g/mol. The van der Waals surface area contributed by atoms with Gasteiger partial charge in [0.1, 0.15) is 0 Å². The quantitative estimate of drug-likeness (QED) is 0.802. The summed E-state index contributed by atoms with van der Waals surface area (Å²) >= 11 is 0. The minimum atomic E-state index is -0.477. The Labute approximate surface area is 102 Å². The first kappa shape index (κ1) is 11.9. The van der Waals surface area contributed by atoms with E-state index in [1.54, 1.807) is 6.08 Å². The summed E-state index contributed by atoms with van der Waals surface area (Å²) in [5.41, 5.74) is 4.89. The minimum Gasteiger partial charge on any atom is -0.388 e. The first-order valence-electron chi connectivity index (χ1n) is 5.69. The van der Waals surface area contributed by atoms with Crippen molar-refractivity contribution >= 4 is 0 Å². The molecule has 0 fully saturated rings. The van der Waals surface area contributed by atoms with Crippen LogP contribution in [0.5, 0.6) is 0 Å². The van der Waals surface area contributed by atoms with E-state index in [0.29, 0.717) is 13.2 Å². The van der Waals surface area contributed by atoms with Crippen LogP contribution in [-0.2, 0) is 11.3 Å². The Kier molecular flexibility index (Phi) is 3.94. The summed E-state index contributed by atoms with van der Waals surface area (Å²) in [6.07, 6.45) is 3.13. The fourth-order valence-corrected chi connectivity index (χ4v) is 1.90. The van der Waals surface area contributed by atoms with Gasteiger partial charge in [-0.05, 0) is 5.56 Å². The molecule has 17 heavy (non-hydrogen) atoms. The highest BCUT2D eigenvalue weighted by Gasteiger charge is 2.25. The van der Waals surface area contributed by atoms with Crippen LogP contribution in [0.15, 0.2) is 60.4 Å². The van der Waals surface area contributed by atoms with Crippen molar-refractivity contribution in [3.05, 3.63) is 65.9 Å². The number of hydrogen-bond acceptors (Lipinski definition) is 2. The zero-order chi connectivity index (χ0) is 12.1. The van der Waals surface area contributed by atoms with Gasteiger partial charge in [0.05, 0.1) is 19.3 Å². The Bertz CT molecular complexity index is 441. The molecule has 1 aromatic carbocycles. The molecule has 0 amide bonds. The van der Waals surface area contributed by atoms with Crippen LogP contribution in [0, 0.1) is 5.92 Å². The number of hydrogen-bond donors (Lipinski definition) is 1. The van der Waals surface area contributed by atoms with Crippen molar-refractivity contribution in [3.63, 3.8) is 0 Å². The summed E-state index contributed by atoms with van der Waals surface area (Å²) in [5, 5.41) is 9.73. The Balaban J connectivity index is 1.85. The average molecular weight is 228 g/mol. The van der Waals surface area contributed by atoms with Crippen molar-refractivity contribution in [2.24, 2.45) is 5.92 Å². The van der Waals surface area contributed by atoms with E-state index in [9.17, 15) is 5.11 Å². The van der Waals surface area contributed by atoms with Crippen LogP contribution >= 0.6 is 0 Å². The predicted molar refractivity (Wildman–Crippen MR) is 67.4 cm³/mol. The van der Waals surface area contributed by atoms with Gasteiger partial charge >= 0.3 is 0 Å². The summed E-state index contributed by atoms with van der Waals surface area (Å²) < 4.78 is 5.62. The van der Waals surface area contributed by atoms with Gasteiger partial charge in [0, 0.05) is 11.5 Å². The normalized spacial score (nSPS) is 22.8. The van der Waals surface area contributed by atoms with Crippen LogP contribution in [0.1, 0.15) is 5.56 Å². The predicted octanol–water partition coefficient (Wildman–Crippen LogP) is 2.46. The standard InChI is InChI=1S/C15H16O2/c1-2-13-8-9-15(16)14(13)11-17-10-12-6-4-3-5-7-12/h3-9,14-16H,1,10-11H2/t14-,15-/m0/s1. The van der Waals surface area contributed by atoms with E-state index in [1.165, 1.54) is 0 Å². The summed E-state index contributed by atoms with van der Waals surface area (Å²) in [5.74, 6) is -0.0313. The van der Waals surface area contributed by atoms with Crippen LogP contribution < -0.4 is 0 Å². The molecule has 0 saturated carbocycles. The highest BCUT2D eigenvalue weighted by molar-refractivity contribution is 5.30. The fraction of sp³-hybridized carbons (Fsp3) is 0.267. The van der Waals surface area contributed by atoms with Gasteiger partial charge in [-0.2, -0.15) is 0 Å². The van der Waals surface area contributed by atoms with Crippen molar-refractivity contribution in [3.8, 4) is 0 Å². The maximum absolute atomic E-state index is 9.73. The molecule has 0 aliphatic heterocycles. The Morgan fingerprint density at radius 3 is 2.76 bits per heavy atom. The third-order valence-electron chi connectivity index (χ3n) is 2.90. The summed E-state index contributed by atoms with van der Waals surface area (Å²) in [6.45, 7) is 4.66. The second kappa shape index (κ2) is 5.65. The van der Waals surface area contributed by atoms with Crippen LogP contribution in [-0.4, -0.2) is 17.8 Å². The molecule has 2 nitrogen and oxygen atoms in total. The monoisotopic (exact) mass is 228 g/mol. The van der Waals surface area contributed by atoms with Crippen molar-refractivity contribution < 1.29 is 9.84 Å². The zero-order valence-corrected chi connectivity index (χ0v) is 9.67. The van der Waals surface area contributed by atoms with Crippen LogP contribution in [0.4, 0.5) is 0 Å². The lowest BCUT2D eigenvalue weighted by molar-refractivity contribution is 0.0590. The molecule has 0 bridgehead atoms. The fourth-order valence-electron chi connectivity index (χ4n) is 1.90. The molecule has 88 valence electrons. The molecule has 2 heteroatoms. The van der Waals surface area contributed by atoms with E-state index in [2.05, 4.69) is 12.3 Å². The van der Waals surface area contributed by atoms with E-state index >= 15 is 0 Å². The van der Waals surface area contributed by atoms with Gasteiger partial charge in [-0.3, -0.25) is 0 Å². The van der Waals surface area contributed by atoms with Gasteiger partial charge in [-0.1, -0.05) is 49.1 Å². The van der Waals surface area contributed by atoms with Gasteiger partial charge in [-0.15, -0.1) is 5.73 Å². The summed E-state index contributed by atoms with van der Waals surface area (Å²) in [6, 6.07) is 9.99. The van der Waals surface area contributed by atoms with E-state index in [4.69, 9.17) is 4.74 Å². The van der Waals surface area contributed by atoms with Crippen LogP contribution in [0.25, 0.3) is 0 Å². The third kappa shape index (κ3) is 2.95. The van der Waals surface area contributed by atoms with Crippen molar-refractivity contribution in [2.45, 2.75) is 12.7 Å². The molecule has 2 rings (SSSR count). The lowest BCUT2D eigenvalue weighted by atomic mass is 10.0. The van der Waals surface area contributed by atoms with Crippen LogP contribution in [0.2, 0.25) is 0 Å². The van der Waals surface area contributed by atoms with Gasteiger partial charge in [0.25, 0.3) is 0 Å². The first-order valence-corrected chi connectivity index (χ1v) is 5.69. The molecule has 1 N–H and O–H groups in total. The molecule has 0 saturated heterocycles. The number of ether oxygens (including phenoxy) is 1. The number of benzene rings is 1. The van der Waals surface area contributed by atoms with E-state index in [-0.39, 0.29) is 5.92 Å². The number of rotatable bonds is 4. The lowest BCUT2D eigenvalue weighted by Crippen LogP contribution is -2.20. The largest absolute Gasteiger partial charge is 0.388 e. The molecule has 0 heterocycles. The summed E-state index contributed by atoms with van der Waals surface area (Å²) in [7, 11) is 0. The topological polar surface area (TPSA) is 29.5 Å². The lowest BCUT2D eigenvalue weighted by Gasteiger charge is -2.15. The highest BCUT2D eigenvalue weighted by Crippen LogP contribution is 2.24. The molecule has 0 aromatic heterocycles. The number of aliphatic hydroxyl groups is 1. The number of aliphatic hydroxyl groups excluding tert-OH is 1. The van der Waals surface area contributed by atoms with Gasteiger partial charge in [0.2, 0.25) is 0 Å². The van der Waals surface area contributed by atoms with Crippen LogP contribution in [0.3, 0.4) is 0 Å². The second-order valence-corrected chi connectivity index (χ2v) is 4.09. The molecule has 0 spiro atoms. The third-order valence-corrected chi connectivity index (χ3v) is 2.90. The first-order chi connectivity index (χ1) is 8.31. The molecule has 0 unspecified atom stereocenters. The maximum atomic E-state index is 9.73. The molecule has 1 aromatic rings. The molecule has 1 aliphatic rings. The van der Waals surface area contributed by atoms with Gasteiger partial charge in [-0.25, -0.2) is 0 Å². The molecule has 2 atom stereocenters. The molecule has 0 radical (unpaired) electrons. The summed E-state index contributed by atoms with van der Waals surface area (Å²) in [4.78, 5) is 0. The SMILES string of the molecule is C=C=C1C=C[C@H](O)[C@H]1COCc1ccccc1. The van der Waals surface area contributed by atoms with Crippen molar-refractivity contribution in [2.75, 3.05) is 6.61 Å². The van der Waals surface area contributed by atoms with Gasteiger partial charge < -0.3 is 9.84 Å².